The third-order valence-electron chi connectivity index (χ3n) is 3.52. The Labute approximate surface area is 154 Å². The van der Waals surface area contributed by atoms with Gasteiger partial charge in [0.2, 0.25) is 10.0 Å². The van der Waals surface area contributed by atoms with E-state index in [0.717, 1.165) is 23.9 Å². The average molecular weight is 394 g/mol. The number of sulfonamides is 1. The summed E-state index contributed by atoms with van der Waals surface area (Å²) in [7, 11) is -4.31. The molecular weight excluding hydrogens is 378 g/mol. The lowest BCUT2D eigenvalue weighted by Gasteiger charge is -2.10. The molecule has 0 spiro atoms. The highest BCUT2D eigenvalue weighted by Gasteiger charge is 2.23. The van der Waals surface area contributed by atoms with Gasteiger partial charge in [-0.2, -0.15) is 5.10 Å². The third kappa shape index (κ3) is 4.44. The van der Waals surface area contributed by atoms with E-state index in [1.54, 1.807) is 16.9 Å². The molecule has 0 saturated carbocycles. The summed E-state index contributed by atoms with van der Waals surface area (Å²) < 4.78 is 55.1. The molecule has 3 aromatic rings. The first kappa shape index (κ1) is 18.9. The quantitative estimate of drug-likeness (QED) is 0.591. The maximum Gasteiger partial charge on any atom is 0.246 e. The Hall–Kier alpha value is -2.92. The molecule has 0 amide bonds. The van der Waals surface area contributed by atoms with E-state index in [1.807, 2.05) is 13.0 Å². The molecule has 8 nitrogen and oxygen atoms in total. The number of anilines is 1. The fourth-order valence-electron chi connectivity index (χ4n) is 2.30. The predicted molar refractivity (Wildman–Crippen MR) is 93.9 cm³/mol. The van der Waals surface area contributed by atoms with Gasteiger partial charge in [0.05, 0.1) is 5.69 Å². The SMILES string of the molecule is Cc1ccn(-c2cc(NCCNS(=O)(=O)c3c(F)cccc3F)ncn2)n1. The van der Waals surface area contributed by atoms with Gasteiger partial charge >= 0.3 is 0 Å². The highest BCUT2D eigenvalue weighted by Crippen LogP contribution is 2.17. The molecule has 0 unspecified atom stereocenters. The molecule has 11 heteroatoms. The second-order valence-corrected chi connectivity index (χ2v) is 7.24. The topological polar surface area (TPSA) is 102 Å². The van der Waals surface area contributed by atoms with Crippen LogP contribution >= 0.6 is 0 Å². The number of halogens is 2. The van der Waals surface area contributed by atoms with E-state index in [1.165, 1.54) is 6.33 Å². The van der Waals surface area contributed by atoms with Crippen LogP contribution in [0.1, 0.15) is 5.69 Å². The summed E-state index contributed by atoms with van der Waals surface area (Å²) in [6, 6.07) is 6.33. The van der Waals surface area contributed by atoms with E-state index < -0.39 is 26.6 Å². The Morgan fingerprint density at radius 3 is 2.52 bits per heavy atom. The Kier molecular flexibility index (Phi) is 5.42. The predicted octanol–water partition coefficient (Wildman–Crippen LogP) is 1.64. The van der Waals surface area contributed by atoms with Gasteiger partial charge < -0.3 is 5.32 Å². The second kappa shape index (κ2) is 7.76. The standard InChI is InChI=1S/C16H16F2N6O2S/c1-11-5-8-24(23-11)15-9-14(20-10-21-15)19-6-7-22-27(25,26)16-12(17)3-2-4-13(16)18/h2-5,8-10,22H,6-7H2,1H3,(H,19,20,21). The summed E-state index contributed by atoms with van der Waals surface area (Å²) in [4.78, 5) is 7.14. The van der Waals surface area contributed by atoms with Crippen molar-refractivity contribution in [2.45, 2.75) is 11.8 Å². The van der Waals surface area contributed by atoms with Crippen LogP contribution in [0, 0.1) is 18.6 Å². The molecule has 0 aliphatic carbocycles. The summed E-state index contributed by atoms with van der Waals surface area (Å²) in [5, 5.41) is 7.14. The average Bonchev–Trinajstić information content (AvgIpc) is 3.05. The first-order chi connectivity index (χ1) is 12.9. The van der Waals surface area contributed by atoms with Crippen molar-refractivity contribution in [2.75, 3.05) is 18.4 Å². The zero-order valence-electron chi connectivity index (χ0n) is 14.2. The van der Waals surface area contributed by atoms with Gasteiger partial charge in [-0.05, 0) is 25.1 Å². The van der Waals surface area contributed by atoms with E-state index in [2.05, 4.69) is 25.1 Å². The van der Waals surface area contributed by atoms with Crippen molar-refractivity contribution in [2.24, 2.45) is 0 Å². The minimum absolute atomic E-state index is 0.101. The van der Waals surface area contributed by atoms with E-state index in [-0.39, 0.29) is 13.1 Å². The Balaban J connectivity index is 1.61. The molecule has 142 valence electrons. The molecule has 0 aliphatic rings. The Morgan fingerprint density at radius 2 is 1.85 bits per heavy atom. The zero-order chi connectivity index (χ0) is 19.4. The molecule has 0 aliphatic heterocycles. The largest absolute Gasteiger partial charge is 0.369 e. The summed E-state index contributed by atoms with van der Waals surface area (Å²) >= 11 is 0. The number of nitrogens with one attached hydrogen (secondary N) is 2. The number of aromatic nitrogens is 4. The van der Waals surface area contributed by atoms with Crippen molar-refractivity contribution in [3.8, 4) is 5.82 Å². The van der Waals surface area contributed by atoms with Gasteiger partial charge in [-0.3, -0.25) is 0 Å². The highest BCUT2D eigenvalue weighted by atomic mass is 32.2. The number of rotatable bonds is 7. The van der Waals surface area contributed by atoms with Crippen LogP contribution in [0.2, 0.25) is 0 Å². The van der Waals surface area contributed by atoms with Crippen molar-refractivity contribution in [1.29, 1.82) is 0 Å². The molecule has 1 aromatic carbocycles. The Morgan fingerprint density at radius 1 is 1.11 bits per heavy atom. The number of benzene rings is 1. The molecule has 2 aromatic heterocycles. The van der Waals surface area contributed by atoms with Gasteiger partial charge in [0.15, 0.2) is 10.7 Å². The van der Waals surface area contributed by atoms with Crippen molar-refractivity contribution in [1.82, 2.24) is 24.5 Å². The monoisotopic (exact) mass is 394 g/mol. The van der Waals surface area contributed by atoms with Gasteiger partial charge in [-0.15, -0.1) is 0 Å². The first-order valence-corrected chi connectivity index (χ1v) is 9.37. The summed E-state index contributed by atoms with van der Waals surface area (Å²) in [6.45, 7) is 1.89. The maximum atomic E-state index is 13.6. The maximum absolute atomic E-state index is 13.6. The number of aryl methyl sites for hydroxylation is 1. The molecule has 0 bridgehead atoms. The molecule has 0 radical (unpaired) electrons. The van der Waals surface area contributed by atoms with Gasteiger partial charge in [0.25, 0.3) is 0 Å². The number of nitrogens with zero attached hydrogens (tertiary/aromatic N) is 4. The second-order valence-electron chi connectivity index (χ2n) is 5.54. The fraction of sp³-hybridized carbons (Fsp3) is 0.188. The van der Waals surface area contributed by atoms with Crippen LogP contribution in [0.4, 0.5) is 14.6 Å². The van der Waals surface area contributed by atoms with Gasteiger partial charge in [0, 0.05) is 25.4 Å². The molecule has 0 saturated heterocycles. The normalized spacial score (nSPS) is 11.5. The first-order valence-electron chi connectivity index (χ1n) is 7.89. The molecule has 2 N–H and O–H groups in total. The molecular formula is C16H16F2N6O2S. The minimum atomic E-state index is -4.31. The summed E-state index contributed by atoms with van der Waals surface area (Å²) in [5.41, 5.74) is 0.831. The molecule has 3 rings (SSSR count). The van der Waals surface area contributed by atoms with Crippen LogP contribution < -0.4 is 10.0 Å². The van der Waals surface area contributed by atoms with E-state index in [9.17, 15) is 17.2 Å². The van der Waals surface area contributed by atoms with Gasteiger partial charge in [0.1, 0.15) is 23.8 Å². The molecule has 2 heterocycles. The van der Waals surface area contributed by atoms with E-state index >= 15 is 0 Å². The molecule has 0 atom stereocenters. The van der Waals surface area contributed by atoms with Gasteiger partial charge in [-0.25, -0.2) is 36.6 Å². The van der Waals surface area contributed by atoms with Crippen LogP contribution in [0.25, 0.3) is 5.82 Å². The van der Waals surface area contributed by atoms with Crippen molar-refractivity contribution < 1.29 is 17.2 Å². The van der Waals surface area contributed by atoms with Crippen LogP contribution in [0.5, 0.6) is 0 Å². The number of hydrogen-bond donors (Lipinski definition) is 2. The van der Waals surface area contributed by atoms with Crippen LogP contribution in [-0.2, 0) is 10.0 Å². The lowest BCUT2D eigenvalue weighted by Crippen LogP contribution is -2.30. The molecule has 0 fully saturated rings. The van der Waals surface area contributed by atoms with Crippen molar-refractivity contribution in [3.05, 3.63) is 60.2 Å². The van der Waals surface area contributed by atoms with E-state index in [4.69, 9.17) is 0 Å². The fourth-order valence-corrected chi connectivity index (χ4v) is 3.46. The van der Waals surface area contributed by atoms with Gasteiger partial charge in [-0.1, -0.05) is 6.07 Å². The van der Waals surface area contributed by atoms with Crippen LogP contribution in [0.3, 0.4) is 0 Å². The lowest BCUT2D eigenvalue weighted by atomic mass is 10.3. The molecule has 27 heavy (non-hydrogen) atoms. The Bertz CT molecular complexity index is 1030. The minimum Gasteiger partial charge on any atom is -0.369 e. The lowest BCUT2D eigenvalue weighted by molar-refractivity contribution is 0.514. The number of hydrogen-bond acceptors (Lipinski definition) is 6. The summed E-state index contributed by atoms with van der Waals surface area (Å²) in [6.07, 6.45) is 3.09. The van der Waals surface area contributed by atoms with Crippen LogP contribution in [0.15, 0.2) is 47.8 Å². The van der Waals surface area contributed by atoms with E-state index in [0.29, 0.717) is 11.6 Å². The smallest absolute Gasteiger partial charge is 0.246 e. The zero-order valence-corrected chi connectivity index (χ0v) is 15.0. The van der Waals surface area contributed by atoms with Crippen molar-refractivity contribution >= 4 is 15.8 Å². The summed E-state index contributed by atoms with van der Waals surface area (Å²) in [5.74, 6) is -1.31. The van der Waals surface area contributed by atoms with Crippen LogP contribution in [-0.4, -0.2) is 41.3 Å². The third-order valence-corrected chi connectivity index (χ3v) is 5.03. The van der Waals surface area contributed by atoms with Crippen molar-refractivity contribution in [3.63, 3.8) is 0 Å². The highest BCUT2D eigenvalue weighted by molar-refractivity contribution is 7.89.